The van der Waals surface area contributed by atoms with Crippen molar-refractivity contribution in [3.8, 4) is 0 Å². The van der Waals surface area contributed by atoms with Crippen molar-refractivity contribution in [2.75, 3.05) is 18.9 Å². The summed E-state index contributed by atoms with van der Waals surface area (Å²) < 4.78 is 0.814. The monoisotopic (exact) mass is 327 g/mol. The molecule has 1 aromatic heterocycles. The maximum Gasteiger partial charge on any atom is 0.257 e. The molecule has 0 radical (unpaired) electrons. The number of pyridine rings is 1. The topological polar surface area (TPSA) is 45.2 Å². The summed E-state index contributed by atoms with van der Waals surface area (Å²) >= 11 is 3.37. The van der Waals surface area contributed by atoms with Gasteiger partial charge in [0.1, 0.15) is 5.82 Å². The second-order valence-corrected chi connectivity index (χ2v) is 5.55. The highest BCUT2D eigenvalue weighted by Gasteiger charge is 2.20. The number of hydrogen-bond donors (Lipinski definition) is 1. The highest BCUT2D eigenvalue weighted by atomic mass is 79.9. The van der Waals surface area contributed by atoms with Gasteiger partial charge in [0.2, 0.25) is 0 Å². The minimum atomic E-state index is 0.00528. The summed E-state index contributed by atoms with van der Waals surface area (Å²) in [5.41, 5.74) is 0.613. The lowest BCUT2D eigenvalue weighted by Gasteiger charge is -2.25. The molecule has 0 aromatic carbocycles. The number of carbonyl (C=O) groups is 1. The van der Waals surface area contributed by atoms with Crippen LogP contribution in [0.15, 0.2) is 16.7 Å². The lowest BCUT2D eigenvalue weighted by Crippen LogP contribution is -2.35. The van der Waals surface area contributed by atoms with Gasteiger partial charge in [-0.3, -0.25) is 4.79 Å². The Balaban J connectivity index is 3.00. The first-order valence-corrected chi connectivity index (χ1v) is 7.47. The van der Waals surface area contributed by atoms with Crippen molar-refractivity contribution in [2.45, 2.75) is 39.7 Å². The Morgan fingerprint density at radius 3 is 2.79 bits per heavy atom. The normalized spacial score (nSPS) is 12.1. The first-order chi connectivity index (χ1) is 9.01. The smallest absolute Gasteiger partial charge is 0.257 e. The summed E-state index contributed by atoms with van der Waals surface area (Å²) in [6.07, 6.45) is 3.76. The molecule has 5 heteroatoms. The second kappa shape index (κ2) is 7.48. The van der Waals surface area contributed by atoms with E-state index >= 15 is 0 Å². The van der Waals surface area contributed by atoms with Gasteiger partial charge in [-0.15, -0.1) is 0 Å². The van der Waals surface area contributed by atoms with Gasteiger partial charge < -0.3 is 10.2 Å². The van der Waals surface area contributed by atoms with E-state index < -0.39 is 0 Å². The fourth-order valence-corrected chi connectivity index (χ4v) is 2.24. The third-order valence-corrected chi connectivity index (χ3v) is 3.55. The Labute approximate surface area is 123 Å². The van der Waals surface area contributed by atoms with Crippen LogP contribution >= 0.6 is 15.9 Å². The fourth-order valence-electron chi connectivity index (χ4n) is 1.91. The molecule has 1 unspecified atom stereocenters. The molecule has 19 heavy (non-hydrogen) atoms. The molecule has 106 valence electrons. The Morgan fingerprint density at radius 2 is 2.21 bits per heavy atom. The zero-order chi connectivity index (χ0) is 14.4. The molecule has 0 aliphatic rings. The predicted octanol–water partition coefficient (Wildman–Crippen LogP) is 3.54. The number of carbonyl (C=O) groups excluding carboxylic acids is 1. The molecule has 0 saturated heterocycles. The minimum absolute atomic E-state index is 0.00528. The first kappa shape index (κ1) is 16.0. The average molecular weight is 328 g/mol. The summed E-state index contributed by atoms with van der Waals surface area (Å²) in [5, 5.41) is 3.13. The number of nitrogens with zero attached hydrogens (tertiary/aromatic N) is 2. The zero-order valence-electron chi connectivity index (χ0n) is 12.0. The van der Waals surface area contributed by atoms with Gasteiger partial charge in [-0.1, -0.05) is 13.3 Å². The van der Waals surface area contributed by atoms with E-state index in [1.165, 1.54) is 0 Å². The molecule has 0 spiro atoms. The standard InChI is InChI=1S/C14H22BrN3O/c1-5-7-10(3)18(4)14(19)12-8-11(15)9-17-13(12)16-6-2/h8-10H,5-7H2,1-4H3,(H,16,17). The third kappa shape index (κ3) is 4.20. The van der Waals surface area contributed by atoms with Crippen molar-refractivity contribution in [1.82, 2.24) is 9.88 Å². The zero-order valence-corrected chi connectivity index (χ0v) is 13.6. The van der Waals surface area contributed by atoms with Crippen LogP contribution in [-0.2, 0) is 0 Å². The van der Waals surface area contributed by atoms with Crippen molar-refractivity contribution in [3.63, 3.8) is 0 Å². The summed E-state index contributed by atoms with van der Waals surface area (Å²) in [4.78, 5) is 18.6. The van der Waals surface area contributed by atoms with Gasteiger partial charge in [0, 0.05) is 30.3 Å². The average Bonchev–Trinajstić information content (AvgIpc) is 2.39. The van der Waals surface area contributed by atoms with Crippen LogP contribution in [0.3, 0.4) is 0 Å². The van der Waals surface area contributed by atoms with Gasteiger partial charge >= 0.3 is 0 Å². The van der Waals surface area contributed by atoms with Crippen LogP contribution in [0.5, 0.6) is 0 Å². The Morgan fingerprint density at radius 1 is 1.53 bits per heavy atom. The number of rotatable bonds is 6. The lowest BCUT2D eigenvalue weighted by atomic mass is 10.1. The molecule has 0 fully saturated rings. The molecule has 0 saturated carbocycles. The van der Waals surface area contributed by atoms with Gasteiger partial charge in [0.25, 0.3) is 5.91 Å². The molecule has 0 aliphatic heterocycles. The summed E-state index contributed by atoms with van der Waals surface area (Å²) in [7, 11) is 1.85. The largest absolute Gasteiger partial charge is 0.370 e. The molecule has 1 N–H and O–H groups in total. The molecule has 1 rings (SSSR count). The van der Waals surface area contributed by atoms with E-state index in [9.17, 15) is 4.79 Å². The van der Waals surface area contributed by atoms with Crippen LogP contribution in [0.2, 0.25) is 0 Å². The van der Waals surface area contributed by atoms with Crippen LogP contribution < -0.4 is 5.32 Å². The molecule has 0 aliphatic carbocycles. The fraction of sp³-hybridized carbons (Fsp3) is 0.571. The molecular formula is C14H22BrN3O. The van der Waals surface area contributed by atoms with Crippen molar-refractivity contribution in [3.05, 3.63) is 22.3 Å². The van der Waals surface area contributed by atoms with Crippen LogP contribution in [0.4, 0.5) is 5.82 Å². The maximum atomic E-state index is 12.5. The third-order valence-electron chi connectivity index (χ3n) is 3.12. The van der Waals surface area contributed by atoms with Crippen LogP contribution in [-0.4, -0.2) is 35.4 Å². The second-order valence-electron chi connectivity index (χ2n) is 4.63. The van der Waals surface area contributed by atoms with E-state index in [-0.39, 0.29) is 11.9 Å². The van der Waals surface area contributed by atoms with E-state index in [0.717, 1.165) is 23.9 Å². The lowest BCUT2D eigenvalue weighted by molar-refractivity contribution is 0.0737. The highest BCUT2D eigenvalue weighted by molar-refractivity contribution is 9.10. The summed E-state index contributed by atoms with van der Waals surface area (Å²) in [5.74, 6) is 0.650. The van der Waals surface area contributed by atoms with E-state index in [0.29, 0.717) is 11.4 Å². The molecule has 1 heterocycles. The number of amides is 1. The summed E-state index contributed by atoms with van der Waals surface area (Å²) in [6.45, 7) is 6.92. The SMILES string of the molecule is CCCC(C)N(C)C(=O)c1cc(Br)cnc1NCC. The molecule has 4 nitrogen and oxygen atoms in total. The van der Waals surface area contributed by atoms with Crippen molar-refractivity contribution in [2.24, 2.45) is 0 Å². The first-order valence-electron chi connectivity index (χ1n) is 6.67. The highest BCUT2D eigenvalue weighted by Crippen LogP contribution is 2.20. The van der Waals surface area contributed by atoms with E-state index in [2.05, 4.69) is 40.1 Å². The number of halogens is 1. The maximum absolute atomic E-state index is 12.5. The molecular weight excluding hydrogens is 306 g/mol. The quantitative estimate of drug-likeness (QED) is 0.869. The van der Waals surface area contributed by atoms with E-state index in [1.807, 2.05) is 20.0 Å². The number of nitrogens with one attached hydrogen (secondary N) is 1. The molecule has 1 atom stereocenters. The Bertz CT molecular complexity index is 437. The van der Waals surface area contributed by atoms with Crippen LogP contribution in [0.25, 0.3) is 0 Å². The van der Waals surface area contributed by atoms with E-state index in [4.69, 9.17) is 0 Å². The van der Waals surface area contributed by atoms with Gasteiger partial charge in [-0.2, -0.15) is 0 Å². The van der Waals surface area contributed by atoms with Gasteiger partial charge in [-0.05, 0) is 42.3 Å². The minimum Gasteiger partial charge on any atom is -0.370 e. The number of hydrogen-bond acceptors (Lipinski definition) is 3. The van der Waals surface area contributed by atoms with Crippen LogP contribution in [0.1, 0.15) is 44.0 Å². The number of anilines is 1. The van der Waals surface area contributed by atoms with E-state index in [1.54, 1.807) is 11.1 Å². The van der Waals surface area contributed by atoms with Gasteiger partial charge in [-0.25, -0.2) is 4.98 Å². The van der Waals surface area contributed by atoms with Gasteiger partial charge in [0.05, 0.1) is 5.56 Å². The van der Waals surface area contributed by atoms with Gasteiger partial charge in [0.15, 0.2) is 0 Å². The van der Waals surface area contributed by atoms with Crippen LogP contribution in [0, 0.1) is 0 Å². The van der Waals surface area contributed by atoms with Crippen molar-refractivity contribution >= 4 is 27.7 Å². The number of aromatic nitrogens is 1. The molecule has 0 bridgehead atoms. The van der Waals surface area contributed by atoms with Crippen molar-refractivity contribution < 1.29 is 4.79 Å². The predicted molar refractivity (Wildman–Crippen MR) is 82.6 cm³/mol. The Hall–Kier alpha value is -1.10. The molecule has 1 amide bonds. The molecule has 1 aromatic rings. The van der Waals surface area contributed by atoms with Crippen molar-refractivity contribution in [1.29, 1.82) is 0 Å². The summed E-state index contributed by atoms with van der Waals surface area (Å²) in [6, 6.07) is 2.05. The Kier molecular flexibility index (Phi) is 6.28.